The molecule has 1 saturated heterocycles. The quantitative estimate of drug-likeness (QED) is 0.642. The maximum absolute atomic E-state index is 11.9. The summed E-state index contributed by atoms with van der Waals surface area (Å²) in [7, 11) is 0. The fraction of sp³-hybridized carbons (Fsp3) is 0.208. The van der Waals surface area contributed by atoms with E-state index in [1.807, 2.05) is 59.5 Å². The van der Waals surface area contributed by atoms with Gasteiger partial charge < -0.3 is 15.0 Å². The summed E-state index contributed by atoms with van der Waals surface area (Å²) in [6, 6.07) is 26.1. The molecule has 0 aliphatic carbocycles. The van der Waals surface area contributed by atoms with Crippen LogP contribution < -0.4 is 15.0 Å². The van der Waals surface area contributed by atoms with Crippen LogP contribution in [-0.4, -0.2) is 12.5 Å². The molecule has 1 heterocycles. The molecule has 0 spiro atoms. The molecule has 0 bridgehead atoms. The number of ether oxygens (including phenoxy) is 1. The average Bonchev–Trinajstić information content (AvgIpc) is 3.15. The predicted molar refractivity (Wildman–Crippen MR) is 112 cm³/mol. The second-order valence-electron chi connectivity index (χ2n) is 6.98. The van der Waals surface area contributed by atoms with Crippen molar-refractivity contribution in [2.75, 3.05) is 11.4 Å². The first-order valence-corrected chi connectivity index (χ1v) is 9.70. The molecule has 3 aromatic rings. The van der Waals surface area contributed by atoms with Gasteiger partial charge in [0.15, 0.2) is 0 Å². The molecule has 0 unspecified atom stereocenters. The minimum atomic E-state index is 0.223. The molecule has 0 radical (unpaired) electrons. The van der Waals surface area contributed by atoms with E-state index in [1.165, 1.54) is 11.1 Å². The Morgan fingerprint density at radius 2 is 1.54 bits per heavy atom. The molecule has 4 heteroatoms. The lowest BCUT2D eigenvalue weighted by molar-refractivity contribution is -0.117. The second-order valence-corrected chi connectivity index (χ2v) is 6.98. The molecular formula is C24H24N2O2. The summed E-state index contributed by atoms with van der Waals surface area (Å²) in [4.78, 5) is 13.8. The van der Waals surface area contributed by atoms with Gasteiger partial charge in [0.25, 0.3) is 0 Å². The number of anilines is 1. The standard InChI is InChI=1S/C24H24N2O2/c27-24-13-6-14-26(24)21-9-4-7-19(15-21)17-25-18-20-8-5-12-23(16-20)28-22-10-2-1-3-11-22/h1-5,7-12,15-16,25H,6,13-14,17-18H2. The number of para-hydroxylation sites is 1. The molecular weight excluding hydrogens is 348 g/mol. The van der Waals surface area contributed by atoms with E-state index in [9.17, 15) is 4.79 Å². The minimum absolute atomic E-state index is 0.223. The highest BCUT2D eigenvalue weighted by molar-refractivity contribution is 5.95. The Hall–Kier alpha value is -3.11. The summed E-state index contributed by atoms with van der Waals surface area (Å²) in [5.41, 5.74) is 3.34. The summed E-state index contributed by atoms with van der Waals surface area (Å²) in [5.74, 6) is 1.89. The largest absolute Gasteiger partial charge is 0.457 e. The molecule has 1 N–H and O–H groups in total. The first-order chi connectivity index (χ1) is 13.8. The number of nitrogens with one attached hydrogen (secondary N) is 1. The van der Waals surface area contributed by atoms with Crippen molar-refractivity contribution in [2.45, 2.75) is 25.9 Å². The Labute approximate surface area is 165 Å². The van der Waals surface area contributed by atoms with Crippen molar-refractivity contribution >= 4 is 11.6 Å². The van der Waals surface area contributed by atoms with E-state index < -0.39 is 0 Å². The lowest BCUT2D eigenvalue weighted by atomic mass is 10.1. The molecule has 3 aromatic carbocycles. The molecule has 0 aromatic heterocycles. The van der Waals surface area contributed by atoms with Gasteiger partial charge in [-0.25, -0.2) is 0 Å². The first-order valence-electron chi connectivity index (χ1n) is 9.70. The fourth-order valence-corrected chi connectivity index (χ4v) is 3.45. The lowest BCUT2D eigenvalue weighted by Crippen LogP contribution is -2.23. The summed E-state index contributed by atoms with van der Waals surface area (Å²) >= 11 is 0. The van der Waals surface area contributed by atoms with Gasteiger partial charge >= 0.3 is 0 Å². The maximum atomic E-state index is 11.9. The molecule has 1 amide bonds. The number of carbonyl (C=O) groups is 1. The van der Waals surface area contributed by atoms with Crippen LogP contribution >= 0.6 is 0 Å². The van der Waals surface area contributed by atoms with Gasteiger partial charge in [-0.05, 0) is 53.9 Å². The number of hydrogen-bond acceptors (Lipinski definition) is 3. The van der Waals surface area contributed by atoms with Gasteiger partial charge in [-0.2, -0.15) is 0 Å². The van der Waals surface area contributed by atoms with Crippen LogP contribution in [0.3, 0.4) is 0 Å². The van der Waals surface area contributed by atoms with Crippen molar-refractivity contribution in [3.63, 3.8) is 0 Å². The number of nitrogens with zero attached hydrogens (tertiary/aromatic N) is 1. The average molecular weight is 372 g/mol. The molecule has 142 valence electrons. The number of amides is 1. The molecule has 1 aliphatic heterocycles. The zero-order valence-electron chi connectivity index (χ0n) is 15.8. The molecule has 4 nitrogen and oxygen atoms in total. The molecule has 28 heavy (non-hydrogen) atoms. The first kappa shape index (κ1) is 18.3. The SMILES string of the molecule is O=C1CCCN1c1cccc(CNCc2cccc(Oc3ccccc3)c2)c1. The van der Waals surface area contributed by atoms with E-state index in [0.29, 0.717) is 6.42 Å². The zero-order valence-corrected chi connectivity index (χ0v) is 15.8. The Kier molecular flexibility index (Phi) is 5.69. The van der Waals surface area contributed by atoms with Crippen molar-refractivity contribution in [1.82, 2.24) is 5.32 Å². The fourth-order valence-electron chi connectivity index (χ4n) is 3.45. The van der Waals surface area contributed by atoms with Crippen molar-refractivity contribution in [3.8, 4) is 11.5 Å². The third kappa shape index (κ3) is 4.59. The van der Waals surface area contributed by atoms with E-state index in [1.54, 1.807) is 0 Å². The van der Waals surface area contributed by atoms with Gasteiger partial charge in [0.2, 0.25) is 5.91 Å². The molecule has 4 rings (SSSR count). The highest BCUT2D eigenvalue weighted by atomic mass is 16.5. The number of benzene rings is 3. The topological polar surface area (TPSA) is 41.6 Å². The predicted octanol–water partition coefficient (Wildman–Crippen LogP) is 4.90. The molecule has 0 atom stereocenters. The van der Waals surface area contributed by atoms with Crippen LogP contribution in [0.5, 0.6) is 11.5 Å². The van der Waals surface area contributed by atoms with Crippen molar-refractivity contribution < 1.29 is 9.53 Å². The van der Waals surface area contributed by atoms with Crippen LogP contribution in [0.25, 0.3) is 0 Å². The minimum Gasteiger partial charge on any atom is -0.457 e. The van der Waals surface area contributed by atoms with E-state index >= 15 is 0 Å². The molecule has 1 aliphatic rings. The van der Waals surface area contributed by atoms with E-state index in [4.69, 9.17) is 4.74 Å². The van der Waals surface area contributed by atoms with Crippen LogP contribution in [0.4, 0.5) is 5.69 Å². The molecule has 1 fully saturated rings. The van der Waals surface area contributed by atoms with Crippen molar-refractivity contribution in [3.05, 3.63) is 90.0 Å². The highest BCUT2D eigenvalue weighted by Crippen LogP contribution is 2.23. The normalized spacial score (nSPS) is 13.7. The van der Waals surface area contributed by atoms with Crippen molar-refractivity contribution in [2.24, 2.45) is 0 Å². The monoisotopic (exact) mass is 372 g/mol. The van der Waals surface area contributed by atoms with E-state index in [2.05, 4.69) is 29.6 Å². The van der Waals surface area contributed by atoms with E-state index in [0.717, 1.165) is 43.2 Å². The van der Waals surface area contributed by atoms with Gasteiger partial charge in [-0.3, -0.25) is 4.79 Å². The second kappa shape index (κ2) is 8.72. The summed E-state index contributed by atoms with van der Waals surface area (Å²) in [6.45, 7) is 2.32. The van der Waals surface area contributed by atoms with Crippen molar-refractivity contribution in [1.29, 1.82) is 0 Å². The third-order valence-electron chi connectivity index (χ3n) is 4.83. The molecule has 0 saturated carbocycles. The number of rotatable bonds is 7. The van der Waals surface area contributed by atoms with Crippen LogP contribution in [0.1, 0.15) is 24.0 Å². The van der Waals surface area contributed by atoms with Gasteiger partial charge in [0, 0.05) is 31.7 Å². The Balaban J connectivity index is 1.34. The van der Waals surface area contributed by atoms with Gasteiger partial charge in [0.05, 0.1) is 0 Å². The van der Waals surface area contributed by atoms with Crippen LogP contribution in [0, 0.1) is 0 Å². The van der Waals surface area contributed by atoms with Crippen LogP contribution in [0.15, 0.2) is 78.9 Å². The van der Waals surface area contributed by atoms with E-state index in [-0.39, 0.29) is 5.91 Å². The Bertz CT molecular complexity index is 940. The smallest absolute Gasteiger partial charge is 0.227 e. The highest BCUT2D eigenvalue weighted by Gasteiger charge is 2.21. The summed E-state index contributed by atoms with van der Waals surface area (Å²) < 4.78 is 5.90. The van der Waals surface area contributed by atoms with Crippen LogP contribution in [-0.2, 0) is 17.9 Å². The maximum Gasteiger partial charge on any atom is 0.227 e. The Morgan fingerprint density at radius 3 is 2.29 bits per heavy atom. The van der Waals surface area contributed by atoms with Gasteiger partial charge in [-0.1, -0.05) is 42.5 Å². The zero-order chi connectivity index (χ0) is 19.2. The number of hydrogen-bond donors (Lipinski definition) is 1. The lowest BCUT2D eigenvalue weighted by Gasteiger charge is -2.16. The third-order valence-corrected chi connectivity index (χ3v) is 4.83. The van der Waals surface area contributed by atoms with Gasteiger partial charge in [0.1, 0.15) is 11.5 Å². The summed E-state index contributed by atoms with van der Waals surface area (Å²) in [5, 5.41) is 3.48. The number of carbonyl (C=O) groups excluding carboxylic acids is 1. The van der Waals surface area contributed by atoms with Crippen LogP contribution in [0.2, 0.25) is 0 Å². The summed E-state index contributed by atoms with van der Waals surface area (Å²) in [6.07, 6.45) is 1.60. The van der Waals surface area contributed by atoms with Gasteiger partial charge in [-0.15, -0.1) is 0 Å². The Morgan fingerprint density at radius 1 is 0.821 bits per heavy atom.